The Labute approximate surface area is 91.5 Å². The minimum Gasteiger partial charge on any atom is -0.363 e. The molecule has 82 valence electrons. The van der Waals surface area contributed by atoms with Crippen molar-refractivity contribution in [2.45, 2.75) is 32.4 Å². The summed E-state index contributed by atoms with van der Waals surface area (Å²) in [5.74, 6) is 1.04. The van der Waals surface area contributed by atoms with Crippen LogP contribution in [0, 0.1) is 6.92 Å². The number of aryl methyl sites for hydroxylation is 1. The lowest BCUT2D eigenvalue weighted by molar-refractivity contribution is 0.686. The zero-order chi connectivity index (χ0) is 10.8. The molecule has 3 nitrogen and oxygen atoms in total. The monoisotopic (exact) mass is 205 g/mol. The summed E-state index contributed by atoms with van der Waals surface area (Å²) in [5, 5.41) is 3.52. The maximum atomic E-state index is 4.47. The summed E-state index contributed by atoms with van der Waals surface area (Å²) in [6.45, 7) is 3.02. The molecular weight excluding hydrogens is 186 g/mol. The molecule has 0 aromatic carbocycles. The molecule has 1 N–H and O–H groups in total. The summed E-state index contributed by atoms with van der Waals surface area (Å²) in [7, 11) is 4.06. The summed E-state index contributed by atoms with van der Waals surface area (Å²) in [6, 6.07) is 5.08. The first-order valence-corrected chi connectivity index (χ1v) is 5.53. The van der Waals surface area contributed by atoms with Gasteiger partial charge in [0.2, 0.25) is 0 Å². The van der Waals surface area contributed by atoms with E-state index in [1.165, 1.54) is 18.4 Å². The Hall–Kier alpha value is -1.09. The molecule has 0 amide bonds. The van der Waals surface area contributed by atoms with Gasteiger partial charge in [0.1, 0.15) is 5.82 Å². The third-order valence-electron chi connectivity index (χ3n) is 2.63. The molecule has 0 spiro atoms. The van der Waals surface area contributed by atoms with Crippen molar-refractivity contribution in [3.63, 3.8) is 0 Å². The number of nitrogens with one attached hydrogen (secondary N) is 1. The second kappa shape index (κ2) is 4.19. The molecule has 1 aliphatic carbocycles. The number of pyridine rings is 1. The third kappa shape index (κ3) is 2.93. The Morgan fingerprint density at radius 1 is 1.40 bits per heavy atom. The van der Waals surface area contributed by atoms with Crippen LogP contribution < -0.4 is 10.2 Å². The Morgan fingerprint density at radius 2 is 2.13 bits per heavy atom. The molecule has 15 heavy (non-hydrogen) atoms. The van der Waals surface area contributed by atoms with Gasteiger partial charge in [-0.1, -0.05) is 0 Å². The molecule has 1 aromatic rings. The highest BCUT2D eigenvalue weighted by atomic mass is 15.1. The molecule has 2 rings (SSSR count). The standard InChI is InChI=1S/C12H19N3/c1-9-6-10(8-13-11-4-5-11)7-12(14-9)15(2)3/h6-7,11,13H,4-5,8H2,1-3H3. The van der Waals surface area contributed by atoms with E-state index < -0.39 is 0 Å². The Bertz CT molecular complexity index is 343. The lowest BCUT2D eigenvalue weighted by atomic mass is 10.2. The highest BCUT2D eigenvalue weighted by Gasteiger charge is 2.20. The van der Waals surface area contributed by atoms with Gasteiger partial charge in [-0.05, 0) is 37.5 Å². The Morgan fingerprint density at radius 3 is 2.73 bits per heavy atom. The highest BCUT2D eigenvalue weighted by Crippen LogP contribution is 2.20. The molecule has 0 radical (unpaired) electrons. The van der Waals surface area contributed by atoms with Crippen LogP contribution in [0.15, 0.2) is 12.1 Å². The van der Waals surface area contributed by atoms with E-state index in [-0.39, 0.29) is 0 Å². The van der Waals surface area contributed by atoms with E-state index in [9.17, 15) is 0 Å². The zero-order valence-electron chi connectivity index (χ0n) is 9.75. The van der Waals surface area contributed by atoms with E-state index in [2.05, 4.69) is 22.4 Å². The lowest BCUT2D eigenvalue weighted by Crippen LogP contribution is -2.17. The van der Waals surface area contributed by atoms with Gasteiger partial charge in [-0.2, -0.15) is 0 Å². The van der Waals surface area contributed by atoms with E-state index in [1.54, 1.807) is 0 Å². The van der Waals surface area contributed by atoms with Crippen molar-refractivity contribution in [2.75, 3.05) is 19.0 Å². The van der Waals surface area contributed by atoms with Crippen molar-refractivity contribution >= 4 is 5.82 Å². The first-order chi connectivity index (χ1) is 7.15. The molecule has 1 heterocycles. The van der Waals surface area contributed by atoms with E-state index in [0.29, 0.717) is 0 Å². The molecule has 1 saturated carbocycles. The number of hydrogen-bond donors (Lipinski definition) is 1. The zero-order valence-corrected chi connectivity index (χ0v) is 9.75. The average molecular weight is 205 g/mol. The quantitative estimate of drug-likeness (QED) is 0.811. The van der Waals surface area contributed by atoms with Crippen LogP contribution in [0.2, 0.25) is 0 Å². The maximum Gasteiger partial charge on any atom is 0.128 e. The summed E-state index contributed by atoms with van der Waals surface area (Å²) in [4.78, 5) is 6.52. The fourth-order valence-electron chi connectivity index (χ4n) is 1.60. The number of hydrogen-bond acceptors (Lipinski definition) is 3. The van der Waals surface area contributed by atoms with Crippen molar-refractivity contribution in [3.05, 3.63) is 23.4 Å². The van der Waals surface area contributed by atoms with Gasteiger partial charge in [-0.3, -0.25) is 0 Å². The largest absolute Gasteiger partial charge is 0.363 e. The predicted molar refractivity (Wildman–Crippen MR) is 63.2 cm³/mol. The maximum absolute atomic E-state index is 4.47. The lowest BCUT2D eigenvalue weighted by Gasteiger charge is -2.14. The van der Waals surface area contributed by atoms with Gasteiger partial charge in [0.05, 0.1) is 0 Å². The van der Waals surface area contributed by atoms with Crippen molar-refractivity contribution in [3.8, 4) is 0 Å². The molecule has 0 unspecified atom stereocenters. The number of rotatable bonds is 4. The van der Waals surface area contributed by atoms with Crippen LogP contribution in [-0.4, -0.2) is 25.1 Å². The molecule has 1 fully saturated rings. The number of anilines is 1. The van der Waals surface area contributed by atoms with Crippen LogP contribution in [0.1, 0.15) is 24.1 Å². The second-order valence-corrected chi connectivity index (χ2v) is 4.52. The minimum absolute atomic E-state index is 0.765. The topological polar surface area (TPSA) is 28.2 Å². The number of nitrogens with zero attached hydrogens (tertiary/aromatic N) is 2. The molecule has 3 heteroatoms. The SMILES string of the molecule is Cc1cc(CNC2CC2)cc(N(C)C)n1. The summed E-state index contributed by atoms with van der Waals surface area (Å²) >= 11 is 0. The fraction of sp³-hybridized carbons (Fsp3) is 0.583. The first-order valence-electron chi connectivity index (χ1n) is 5.53. The van der Waals surface area contributed by atoms with Gasteiger partial charge in [-0.25, -0.2) is 4.98 Å². The summed E-state index contributed by atoms with van der Waals surface area (Å²) in [6.07, 6.45) is 2.68. The van der Waals surface area contributed by atoms with Gasteiger partial charge in [0.25, 0.3) is 0 Å². The first kappa shape index (κ1) is 10.4. The fourth-order valence-corrected chi connectivity index (χ4v) is 1.60. The minimum atomic E-state index is 0.765. The van der Waals surface area contributed by atoms with Crippen molar-refractivity contribution in [2.24, 2.45) is 0 Å². The normalized spacial score (nSPS) is 15.4. The number of aromatic nitrogens is 1. The average Bonchev–Trinajstić information content (AvgIpc) is 2.97. The van der Waals surface area contributed by atoms with Crippen molar-refractivity contribution < 1.29 is 0 Å². The van der Waals surface area contributed by atoms with Gasteiger partial charge in [0, 0.05) is 32.4 Å². The molecule has 0 saturated heterocycles. The molecule has 0 bridgehead atoms. The van der Waals surface area contributed by atoms with Gasteiger partial charge in [0.15, 0.2) is 0 Å². The molecule has 1 aromatic heterocycles. The van der Waals surface area contributed by atoms with Gasteiger partial charge >= 0.3 is 0 Å². The van der Waals surface area contributed by atoms with Crippen LogP contribution in [-0.2, 0) is 6.54 Å². The van der Waals surface area contributed by atoms with Crippen LogP contribution >= 0.6 is 0 Å². The van der Waals surface area contributed by atoms with E-state index in [4.69, 9.17) is 0 Å². The predicted octanol–water partition coefficient (Wildman–Crippen LogP) is 1.71. The van der Waals surface area contributed by atoms with Crippen molar-refractivity contribution in [1.82, 2.24) is 10.3 Å². The third-order valence-corrected chi connectivity index (χ3v) is 2.63. The van der Waals surface area contributed by atoms with Gasteiger partial charge in [-0.15, -0.1) is 0 Å². The Balaban J connectivity index is 2.07. The van der Waals surface area contributed by atoms with Gasteiger partial charge < -0.3 is 10.2 Å². The second-order valence-electron chi connectivity index (χ2n) is 4.52. The van der Waals surface area contributed by atoms with Crippen LogP contribution in [0.25, 0.3) is 0 Å². The van der Waals surface area contributed by atoms with E-state index in [0.717, 1.165) is 24.1 Å². The van der Waals surface area contributed by atoms with E-state index in [1.807, 2.05) is 25.9 Å². The molecule has 0 atom stereocenters. The highest BCUT2D eigenvalue weighted by molar-refractivity contribution is 5.41. The molecular formula is C12H19N3. The van der Waals surface area contributed by atoms with Crippen LogP contribution in [0.4, 0.5) is 5.82 Å². The molecule has 0 aliphatic heterocycles. The van der Waals surface area contributed by atoms with Crippen LogP contribution in [0.5, 0.6) is 0 Å². The Kier molecular flexibility index (Phi) is 2.91. The smallest absolute Gasteiger partial charge is 0.128 e. The summed E-state index contributed by atoms with van der Waals surface area (Å²) < 4.78 is 0. The van der Waals surface area contributed by atoms with E-state index >= 15 is 0 Å². The summed E-state index contributed by atoms with van der Waals surface area (Å²) in [5.41, 5.74) is 2.42. The van der Waals surface area contributed by atoms with Crippen molar-refractivity contribution in [1.29, 1.82) is 0 Å². The van der Waals surface area contributed by atoms with Crippen LogP contribution in [0.3, 0.4) is 0 Å². The molecule has 1 aliphatic rings.